The number of hydrogen-bond donors (Lipinski definition) is 0. The van der Waals surface area contributed by atoms with E-state index in [4.69, 9.17) is 9.47 Å². The standard InChI is InChI=1S/C20H34N2O5/c1-9-11-21(19(25)27-20(5,6)7)14-17(23)22(12-10-2)16(13-15(3)4)18(24)26-8/h9-10,15-16H,1-2,11-14H2,3-8H3/t16-/m0/s1. The van der Waals surface area contributed by atoms with Crippen LogP contribution >= 0.6 is 0 Å². The van der Waals surface area contributed by atoms with Crippen LogP contribution in [0.3, 0.4) is 0 Å². The topological polar surface area (TPSA) is 76.2 Å². The fourth-order valence-corrected chi connectivity index (χ4v) is 2.42. The van der Waals surface area contributed by atoms with Gasteiger partial charge in [-0.3, -0.25) is 9.69 Å². The molecule has 0 rings (SSSR count). The lowest BCUT2D eigenvalue weighted by atomic mass is 10.0. The predicted molar refractivity (Wildman–Crippen MR) is 105 cm³/mol. The lowest BCUT2D eigenvalue weighted by molar-refractivity contribution is -0.153. The molecule has 0 aliphatic rings. The summed E-state index contributed by atoms with van der Waals surface area (Å²) in [5.74, 6) is -0.713. The van der Waals surface area contributed by atoms with Crippen LogP contribution in [0.25, 0.3) is 0 Å². The predicted octanol–water partition coefficient (Wildman–Crippen LogP) is 3.01. The van der Waals surface area contributed by atoms with E-state index in [1.165, 1.54) is 23.0 Å². The Bertz CT molecular complexity index is 537. The molecular formula is C20H34N2O5. The van der Waals surface area contributed by atoms with E-state index in [0.717, 1.165) is 0 Å². The van der Waals surface area contributed by atoms with E-state index < -0.39 is 29.6 Å². The summed E-state index contributed by atoms with van der Waals surface area (Å²) in [7, 11) is 1.29. The smallest absolute Gasteiger partial charge is 0.411 e. The Morgan fingerprint density at radius 1 is 1.07 bits per heavy atom. The third-order valence-corrected chi connectivity index (χ3v) is 3.52. The maximum absolute atomic E-state index is 12.9. The molecule has 0 aromatic heterocycles. The van der Waals surface area contributed by atoms with Gasteiger partial charge in [0.1, 0.15) is 18.2 Å². The van der Waals surface area contributed by atoms with Crippen LogP contribution < -0.4 is 0 Å². The van der Waals surface area contributed by atoms with Crippen molar-refractivity contribution in [2.75, 3.05) is 26.7 Å². The van der Waals surface area contributed by atoms with Gasteiger partial charge in [0.15, 0.2) is 0 Å². The van der Waals surface area contributed by atoms with Crippen LogP contribution in [0.5, 0.6) is 0 Å². The van der Waals surface area contributed by atoms with Crippen LogP contribution in [-0.2, 0) is 19.1 Å². The molecule has 154 valence electrons. The highest BCUT2D eigenvalue weighted by Crippen LogP contribution is 2.15. The van der Waals surface area contributed by atoms with Crippen molar-refractivity contribution >= 4 is 18.0 Å². The molecule has 1 atom stereocenters. The van der Waals surface area contributed by atoms with Crippen molar-refractivity contribution in [1.29, 1.82) is 0 Å². The second-order valence-corrected chi connectivity index (χ2v) is 7.65. The Balaban J connectivity index is 5.50. The Hall–Kier alpha value is -2.31. The number of nitrogens with zero attached hydrogens (tertiary/aromatic N) is 2. The molecule has 0 N–H and O–H groups in total. The molecule has 0 saturated carbocycles. The molecule has 0 aromatic rings. The van der Waals surface area contributed by atoms with E-state index >= 15 is 0 Å². The van der Waals surface area contributed by atoms with Gasteiger partial charge in [0.25, 0.3) is 0 Å². The highest BCUT2D eigenvalue weighted by molar-refractivity contribution is 5.87. The normalized spacial score (nSPS) is 12.1. The van der Waals surface area contributed by atoms with Gasteiger partial charge in [-0.15, -0.1) is 13.2 Å². The summed E-state index contributed by atoms with van der Waals surface area (Å²) >= 11 is 0. The number of amides is 2. The molecule has 0 spiro atoms. The first kappa shape index (κ1) is 24.7. The minimum Gasteiger partial charge on any atom is -0.467 e. The number of carbonyl (C=O) groups excluding carboxylic acids is 3. The van der Waals surface area contributed by atoms with Gasteiger partial charge in [0, 0.05) is 13.1 Å². The van der Waals surface area contributed by atoms with Crippen LogP contribution in [0, 0.1) is 5.92 Å². The third kappa shape index (κ3) is 9.26. The molecule has 7 heteroatoms. The molecule has 0 aromatic carbocycles. The first-order valence-corrected chi connectivity index (χ1v) is 9.03. The molecule has 0 aliphatic carbocycles. The number of esters is 1. The van der Waals surface area contributed by atoms with Crippen molar-refractivity contribution in [3.8, 4) is 0 Å². The van der Waals surface area contributed by atoms with Crippen LogP contribution in [0.4, 0.5) is 4.79 Å². The molecule has 2 amide bonds. The Kier molecular flexibility index (Phi) is 10.4. The number of rotatable bonds is 10. The number of hydrogen-bond acceptors (Lipinski definition) is 5. The highest BCUT2D eigenvalue weighted by Gasteiger charge is 2.32. The van der Waals surface area contributed by atoms with E-state index in [2.05, 4.69) is 13.2 Å². The molecule has 0 bridgehead atoms. The van der Waals surface area contributed by atoms with Gasteiger partial charge in [-0.05, 0) is 33.1 Å². The molecule has 27 heavy (non-hydrogen) atoms. The van der Waals surface area contributed by atoms with Gasteiger partial charge < -0.3 is 14.4 Å². The largest absolute Gasteiger partial charge is 0.467 e. The summed E-state index contributed by atoms with van der Waals surface area (Å²) in [6.07, 6.45) is 2.88. The van der Waals surface area contributed by atoms with Crippen molar-refractivity contribution in [3.05, 3.63) is 25.3 Å². The van der Waals surface area contributed by atoms with Gasteiger partial charge in [0.2, 0.25) is 5.91 Å². The zero-order chi connectivity index (χ0) is 21.2. The molecule has 0 heterocycles. The fourth-order valence-electron chi connectivity index (χ4n) is 2.42. The monoisotopic (exact) mass is 382 g/mol. The number of methoxy groups -OCH3 is 1. The zero-order valence-corrected chi connectivity index (χ0v) is 17.5. The zero-order valence-electron chi connectivity index (χ0n) is 17.5. The lowest BCUT2D eigenvalue weighted by Crippen LogP contribution is -2.51. The Morgan fingerprint density at radius 3 is 2.04 bits per heavy atom. The molecule has 0 aliphatic heterocycles. The van der Waals surface area contributed by atoms with Crippen molar-refractivity contribution in [2.24, 2.45) is 5.92 Å². The summed E-state index contributed by atoms with van der Waals surface area (Å²) in [5, 5.41) is 0. The van der Waals surface area contributed by atoms with Crippen molar-refractivity contribution in [1.82, 2.24) is 9.80 Å². The van der Waals surface area contributed by atoms with Gasteiger partial charge in [0.05, 0.1) is 7.11 Å². The van der Waals surface area contributed by atoms with Gasteiger partial charge in [-0.25, -0.2) is 9.59 Å². The quantitative estimate of drug-likeness (QED) is 0.429. The maximum atomic E-state index is 12.9. The molecule has 7 nitrogen and oxygen atoms in total. The first-order valence-electron chi connectivity index (χ1n) is 9.03. The van der Waals surface area contributed by atoms with E-state index in [-0.39, 0.29) is 25.6 Å². The van der Waals surface area contributed by atoms with E-state index in [1.807, 2.05) is 13.8 Å². The molecule has 0 radical (unpaired) electrons. The van der Waals surface area contributed by atoms with E-state index in [0.29, 0.717) is 6.42 Å². The number of ether oxygens (including phenoxy) is 2. The van der Waals surface area contributed by atoms with Crippen molar-refractivity contribution in [2.45, 2.75) is 52.7 Å². The highest BCUT2D eigenvalue weighted by atomic mass is 16.6. The molecule has 0 saturated heterocycles. The Labute approximate surface area is 163 Å². The minimum absolute atomic E-state index is 0.148. The average Bonchev–Trinajstić information content (AvgIpc) is 2.54. The summed E-state index contributed by atoms with van der Waals surface area (Å²) in [4.78, 5) is 40.2. The summed E-state index contributed by atoms with van der Waals surface area (Å²) in [6.45, 7) is 16.5. The van der Waals surface area contributed by atoms with Crippen LogP contribution in [0.2, 0.25) is 0 Å². The number of carbonyl (C=O) groups is 3. The second kappa shape index (κ2) is 11.4. The van der Waals surface area contributed by atoms with Crippen LogP contribution in [0.1, 0.15) is 41.0 Å². The summed E-state index contributed by atoms with van der Waals surface area (Å²) in [5.41, 5.74) is -0.688. The SMILES string of the molecule is C=CCN(CC(=O)N(CC=C)[C@@H](CC(C)C)C(=O)OC)C(=O)OC(C)(C)C. The van der Waals surface area contributed by atoms with E-state index in [9.17, 15) is 14.4 Å². The van der Waals surface area contributed by atoms with Crippen LogP contribution in [-0.4, -0.2) is 66.2 Å². The van der Waals surface area contributed by atoms with Gasteiger partial charge in [-0.2, -0.15) is 0 Å². The second-order valence-electron chi connectivity index (χ2n) is 7.65. The minimum atomic E-state index is -0.746. The lowest BCUT2D eigenvalue weighted by Gasteiger charge is -2.32. The average molecular weight is 383 g/mol. The van der Waals surface area contributed by atoms with E-state index in [1.54, 1.807) is 26.8 Å². The summed E-state index contributed by atoms with van der Waals surface area (Å²) in [6, 6.07) is -0.746. The first-order chi connectivity index (χ1) is 12.5. The maximum Gasteiger partial charge on any atom is 0.411 e. The Morgan fingerprint density at radius 2 is 1.63 bits per heavy atom. The van der Waals surface area contributed by atoms with Crippen LogP contribution in [0.15, 0.2) is 25.3 Å². The fraction of sp³-hybridized carbons (Fsp3) is 0.650. The molecular weight excluding hydrogens is 348 g/mol. The van der Waals surface area contributed by atoms with Gasteiger partial charge >= 0.3 is 12.1 Å². The molecule has 0 unspecified atom stereocenters. The summed E-state index contributed by atoms with van der Waals surface area (Å²) < 4.78 is 10.2. The van der Waals surface area contributed by atoms with Crippen molar-refractivity contribution in [3.63, 3.8) is 0 Å². The molecule has 0 fully saturated rings. The third-order valence-electron chi connectivity index (χ3n) is 3.52. The van der Waals surface area contributed by atoms with Gasteiger partial charge in [-0.1, -0.05) is 26.0 Å². The van der Waals surface area contributed by atoms with Crippen molar-refractivity contribution < 1.29 is 23.9 Å².